The Morgan fingerprint density at radius 1 is 1.04 bits per heavy atom. The molecule has 2 N–H and O–H groups in total. The van der Waals surface area contributed by atoms with Gasteiger partial charge in [-0.1, -0.05) is 30.3 Å². The van der Waals surface area contributed by atoms with Crippen LogP contribution in [0.25, 0.3) is 0 Å². The number of rotatable bonds is 7. The van der Waals surface area contributed by atoms with E-state index < -0.39 is 12.1 Å². The molecule has 0 spiro atoms. The molecule has 0 aliphatic rings. The summed E-state index contributed by atoms with van der Waals surface area (Å²) >= 11 is 1.46. The van der Waals surface area contributed by atoms with Gasteiger partial charge in [-0.3, -0.25) is 10.1 Å². The summed E-state index contributed by atoms with van der Waals surface area (Å²) in [5.41, 5.74) is 1.55. The number of anilines is 1. The molecule has 2 rings (SSSR count). The quantitative estimate of drug-likeness (QED) is 0.750. The van der Waals surface area contributed by atoms with Gasteiger partial charge in [0.05, 0.1) is 6.42 Å². The number of hydrogen-bond acceptors (Lipinski definition) is 4. The number of carbonyl (C=O) groups excluding carboxylic acids is 1. The van der Waals surface area contributed by atoms with Crippen LogP contribution in [0, 0.1) is 0 Å². The van der Waals surface area contributed by atoms with E-state index in [1.165, 1.54) is 11.8 Å². The Labute approximate surface area is 138 Å². The minimum Gasteiger partial charge on any atom is -0.481 e. The number of amides is 1. The molecule has 0 fully saturated rings. The van der Waals surface area contributed by atoms with E-state index in [9.17, 15) is 9.59 Å². The van der Waals surface area contributed by atoms with Gasteiger partial charge in [0, 0.05) is 16.3 Å². The average Bonchev–Trinajstić information content (AvgIpc) is 2.55. The van der Waals surface area contributed by atoms with E-state index >= 15 is 0 Å². The number of nitrogens with one attached hydrogen (secondary N) is 1. The standard InChI is InChI=1S/C17H17NO4S/c19-16(20)10-11-23-15-8-6-14(7-9-15)18-17(21)22-12-13-4-2-1-3-5-13/h1-9H,10-12H2,(H,18,21)(H,19,20). The van der Waals surface area contributed by atoms with Crippen LogP contribution in [0.3, 0.4) is 0 Å². The second kappa shape index (κ2) is 8.85. The lowest BCUT2D eigenvalue weighted by atomic mass is 10.2. The summed E-state index contributed by atoms with van der Waals surface area (Å²) in [6, 6.07) is 16.6. The zero-order valence-electron chi connectivity index (χ0n) is 12.4. The molecular weight excluding hydrogens is 314 g/mol. The molecule has 2 aromatic rings. The predicted octanol–water partition coefficient (Wildman–Crippen LogP) is 4.00. The first-order valence-corrected chi connectivity index (χ1v) is 8.04. The lowest BCUT2D eigenvalue weighted by Crippen LogP contribution is -2.13. The van der Waals surface area contributed by atoms with E-state index in [1.54, 1.807) is 12.1 Å². The number of thioether (sulfide) groups is 1. The minimum atomic E-state index is -0.808. The SMILES string of the molecule is O=C(O)CCSc1ccc(NC(=O)OCc2ccccc2)cc1. The zero-order valence-corrected chi connectivity index (χ0v) is 13.2. The average molecular weight is 331 g/mol. The van der Waals surface area contributed by atoms with Crippen LogP contribution in [0.1, 0.15) is 12.0 Å². The lowest BCUT2D eigenvalue weighted by molar-refractivity contribution is -0.136. The van der Waals surface area contributed by atoms with E-state index in [2.05, 4.69) is 5.32 Å². The Balaban J connectivity index is 1.76. The van der Waals surface area contributed by atoms with Gasteiger partial charge in [0.25, 0.3) is 0 Å². The molecule has 2 aromatic carbocycles. The molecule has 0 atom stereocenters. The van der Waals surface area contributed by atoms with Crippen LogP contribution >= 0.6 is 11.8 Å². The summed E-state index contributed by atoms with van der Waals surface area (Å²) in [7, 11) is 0. The molecule has 0 aliphatic heterocycles. The van der Waals surface area contributed by atoms with E-state index in [0.717, 1.165) is 10.5 Å². The van der Waals surface area contributed by atoms with Gasteiger partial charge in [0.15, 0.2) is 0 Å². The maximum Gasteiger partial charge on any atom is 0.411 e. The Morgan fingerprint density at radius 3 is 2.39 bits per heavy atom. The minimum absolute atomic E-state index is 0.122. The highest BCUT2D eigenvalue weighted by Crippen LogP contribution is 2.21. The fourth-order valence-electron chi connectivity index (χ4n) is 1.77. The highest BCUT2D eigenvalue weighted by molar-refractivity contribution is 7.99. The number of carboxylic acids is 1. The van der Waals surface area contributed by atoms with E-state index in [4.69, 9.17) is 9.84 Å². The van der Waals surface area contributed by atoms with Crippen molar-refractivity contribution in [2.24, 2.45) is 0 Å². The molecule has 0 bridgehead atoms. The smallest absolute Gasteiger partial charge is 0.411 e. The summed E-state index contributed by atoms with van der Waals surface area (Å²) in [5.74, 6) is -0.293. The summed E-state index contributed by atoms with van der Waals surface area (Å²) in [4.78, 5) is 23.1. The number of ether oxygens (including phenoxy) is 1. The molecule has 120 valence electrons. The van der Waals surface area contributed by atoms with Gasteiger partial charge in [-0.05, 0) is 29.8 Å². The maximum atomic E-state index is 11.7. The molecule has 0 saturated carbocycles. The van der Waals surface area contributed by atoms with Gasteiger partial charge in [-0.15, -0.1) is 11.8 Å². The highest BCUT2D eigenvalue weighted by atomic mass is 32.2. The Bertz CT molecular complexity index is 643. The first-order valence-electron chi connectivity index (χ1n) is 7.06. The number of hydrogen-bond donors (Lipinski definition) is 2. The van der Waals surface area contributed by atoms with Crippen molar-refractivity contribution in [3.8, 4) is 0 Å². The normalized spacial score (nSPS) is 10.1. The van der Waals surface area contributed by atoms with Gasteiger partial charge in [0.2, 0.25) is 0 Å². The molecule has 6 heteroatoms. The molecule has 1 amide bonds. The molecule has 0 aromatic heterocycles. The van der Waals surface area contributed by atoms with Gasteiger partial charge >= 0.3 is 12.1 Å². The monoisotopic (exact) mass is 331 g/mol. The number of aliphatic carboxylic acids is 1. The predicted molar refractivity (Wildman–Crippen MR) is 89.7 cm³/mol. The third-order valence-electron chi connectivity index (χ3n) is 2.90. The Morgan fingerprint density at radius 2 is 1.74 bits per heavy atom. The van der Waals surface area contributed by atoms with Crippen LogP contribution in [0.5, 0.6) is 0 Å². The van der Waals surface area contributed by atoms with Crippen molar-refractivity contribution in [3.05, 3.63) is 60.2 Å². The maximum absolute atomic E-state index is 11.7. The third kappa shape index (κ3) is 6.44. The van der Waals surface area contributed by atoms with Crippen molar-refractivity contribution in [3.63, 3.8) is 0 Å². The molecular formula is C17H17NO4S. The van der Waals surface area contributed by atoms with E-state index in [1.807, 2.05) is 42.5 Å². The first-order chi connectivity index (χ1) is 11.1. The fourth-order valence-corrected chi connectivity index (χ4v) is 2.61. The molecule has 0 heterocycles. The summed E-state index contributed by atoms with van der Waals surface area (Å²) in [6.07, 6.45) is -0.392. The van der Waals surface area contributed by atoms with Crippen LogP contribution < -0.4 is 5.32 Å². The molecule has 0 unspecified atom stereocenters. The zero-order chi connectivity index (χ0) is 16.5. The topological polar surface area (TPSA) is 75.6 Å². The fraction of sp³-hybridized carbons (Fsp3) is 0.176. The van der Waals surface area contributed by atoms with Gasteiger partial charge in [-0.25, -0.2) is 4.79 Å². The third-order valence-corrected chi connectivity index (χ3v) is 3.91. The Hall–Kier alpha value is -2.47. The van der Waals surface area contributed by atoms with Gasteiger partial charge in [0.1, 0.15) is 6.61 Å². The van der Waals surface area contributed by atoms with Crippen LogP contribution in [-0.4, -0.2) is 22.9 Å². The van der Waals surface area contributed by atoms with Crippen LogP contribution in [0.15, 0.2) is 59.5 Å². The number of benzene rings is 2. The van der Waals surface area contributed by atoms with Gasteiger partial charge < -0.3 is 9.84 Å². The Kier molecular flexibility index (Phi) is 6.50. The molecule has 0 radical (unpaired) electrons. The first kappa shape index (κ1) is 16.9. The second-order valence-corrected chi connectivity index (χ2v) is 5.87. The van der Waals surface area contributed by atoms with Crippen molar-refractivity contribution in [1.29, 1.82) is 0 Å². The number of carbonyl (C=O) groups is 2. The second-order valence-electron chi connectivity index (χ2n) is 4.70. The van der Waals surface area contributed by atoms with Gasteiger partial charge in [-0.2, -0.15) is 0 Å². The van der Waals surface area contributed by atoms with Crippen molar-refractivity contribution in [2.75, 3.05) is 11.1 Å². The van der Waals surface area contributed by atoms with E-state index in [-0.39, 0.29) is 13.0 Å². The molecule has 0 aliphatic carbocycles. The van der Waals surface area contributed by atoms with Crippen molar-refractivity contribution >= 4 is 29.5 Å². The molecule has 5 nitrogen and oxygen atoms in total. The van der Waals surface area contributed by atoms with Crippen molar-refractivity contribution in [2.45, 2.75) is 17.9 Å². The molecule has 0 saturated heterocycles. The van der Waals surface area contributed by atoms with E-state index in [0.29, 0.717) is 11.4 Å². The van der Waals surface area contributed by atoms with Crippen LogP contribution in [0.2, 0.25) is 0 Å². The van der Waals surface area contributed by atoms with Crippen molar-refractivity contribution < 1.29 is 19.4 Å². The summed E-state index contributed by atoms with van der Waals surface area (Å²) < 4.78 is 5.13. The molecule has 23 heavy (non-hydrogen) atoms. The van der Waals surface area contributed by atoms with Crippen LogP contribution in [0.4, 0.5) is 10.5 Å². The van der Waals surface area contributed by atoms with Crippen molar-refractivity contribution in [1.82, 2.24) is 0 Å². The lowest BCUT2D eigenvalue weighted by Gasteiger charge is -2.08. The van der Waals surface area contributed by atoms with Crippen LogP contribution in [-0.2, 0) is 16.1 Å². The summed E-state index contributed by atoms with van der Waals surface area (Å²) in [5, 5.41) is 11.2. The number of carboxylic acid groups (broad SMARTS) is 1. The summed E-state index contributed by atoms with van der Waals surface area (Å²) in [6.45, 7) is 0.218. The largest absolute Gasteiger partial charge is 0.481 e. The highest BCUT2D eigenvalue weighted by Gasteiger charge is 2.04.